The van der Waals surface area contributed by atoms with Gasteiger partial charge in [0.15, 0.2) is 0 Å². The molecule has 0 aliphatic heterocycles. The number of carbonyl (C=O) groups is 2. The molecule has 0 bridgehead atoms. The zero-order valence-corrected chi connectivity index (χ0v) is 20.1. The van der Waals surface area contributed by atoms with Crippen molar-refractivity contribution in [3.63, 3.8) is 0 Å². The van der Waals surface area contributed by atoms with Gasteiger partial charge in [-0.05, 0) is 55.0 Å². The Kier molecular flexibility index (Phi) is 12.5. The van der Waals surface area contributed by atoms with E-state index >= 15 is 0 Å². The van der Waals surface area contributed by atoms with Crippen molar-refractivity contribution in [1.29, 1.82) is 0 Å². The van der Waals surface area contributed by atoms with Crippen molar-refractivity contribution in [3.05, 3.63) is 59.7 Å². The Labute approximate surface area is 200 Å². The number of rotatable bonds is 16. The summed E-state index contributed by atoms with van der Waals surface area (Å²) in [6.07, 6.45) is 6.96. The van der Waals surface area contributed by atoms with Crippen LogP contribution in [0.2, 0.25) is 0 Å². The molecule has 0 atom stereocenters. The van der Waals surface area contributed by atoms with Crippen molar-refractivity contribution >= 4 is 11.9 Å². The minimum absolute atomic E-state index is 0.283. The standard InChI is InChI=1S/C26H34O8/c1-4-5-6-7-8-9-10-11-24(31-33-25(27)20-12-16-22(29-2)17-13-20)32-34-26(28)21-14-18-23(30-3)19-15-21/h12-19,24H,4-11H2,1-3H3. The fraction of sp³-hybridized carbons (Fsp3) is 0.462. The molecule has 0 heterocycles. The lowest BCUT2D eigenvalue weighted by Gasteiger charge is -2.15. The van der Waals surface area contributed by atoms with Crippen LogP contribution in [0.5, 0.6) is 11.5 Å². The van der Waals surface area contributed by atoms with Crippen molar-refractivity contribution in [2.45, 2.75) is 64.6 Å². The van der Waals surface area contributed by atoms with E-state index in [1.807, 2.05) is 0 Å². The van der Waals surface area contributed by atoms with E-state index in [1.54, 1.807) is 48.5 Å². The van der Waals surface area contributed by atoms with Gasteiger partial charge in [0.25, 0.3) is 0 Å². The molecule has 8 nitrogen and oxygen atoms in total. The molecule has 8 heteroatoms. The van der Waals surface area contributed by atoms with Gasteiger partial charge in [-0.3, -0.25) is 9.78 Å². The molecular formula is C26H34O8. The average molecular weight is 475 g/mol. The van der Waals surface area contributed by atoms with Crippen LogP contribution < -0.4 is 9.47 Å². The van der Waals surface area contributed by atoms with Crippen LogP contribution in [0.3, 0.4) is 0 Å². The predicted octanol–water partition coefficient (Wildman–Crippen LogP) is 6.05. The Balaban J connectivity index is 1.87. The van der Waals surface area contributed by atoms with Gasteiger partial charge >= 0.3 is 11.9 Å². The Hall–Kier alpha value is -3.10. The Morgan fingerprint density at radius 1 is 0.647 bits per heavy atom. The van der Waals surface area contributed by atoms with Crippen molar-refractivity contribution in [2.75, 3.05) is 14.2 Å². The SMILES string of the molecule is CCCCCCCCCC(OOC(=O)c1ccc(OC)cc1)OOC(=O)c1ccc(OC)cc1. The summed E-state index contributed by atoms with van der Waals surface area (Å²) < 4.78 is 10.2. The minimum Gasteiger partial charge on any atom is -0.497 e. The summed E-state index contributed by atoms with van der Waals surface area (Å²) in [7, 11) is 3.07. The highest BCUT2D eigenvalue weighted by atomic mass is 17.3. The van der Waals surface area contributed by atoms with E-state index in [-0.39, 0.29) is 11.1 Å². The third-order valence-electron chi connectivity index (χ3n) is 5.16. The first-order valence-electron chi connectivity index (χ1n) is 11.6. The molecule has 0 unspecified atom stereocenters. The van der Waals surface area contributed by atoms with Gasteiger partial charge < -0.3 is 9.47 Å². The smallest absolute Gasteiger partial charge is 0.373 e. The number of unbranched alkanes of at least 4 members (excludes halogenated alkanes) is 6. The normalized spacial score (nSPS) is 10.7. The maximum Gasteiger partial charge on any atom is 0.373 e. The van der Waals surface area contributed by atoms with Crippen LogP contribution in [0.4, 0.5) is 0 Å². The summed E-state index contributed by atoms with van der Waals surface area (Å²) in [4.78, 5) is 44.8. The number of hydrogen-bond donors (Lipinski definition) is 0. The Morgan fingerprint density at radius 2 is 1.06 bits per heavy atom. The minimum atomic E-state index is -1.06. The summed E-state index contributed by atoms with van der Waals surface area (Å²) in [6.45, 7) is 2.18. The number of carbonyl (C=O) groups excluding carboxylic acids is 2. The summed E-state index contributed by atoms with van der Waals surface area (Å²) in [6, 6.07) is 12.8. The maximum absolute atomic E-state index is 12.3. The first-order valence-corrected chi connectivity index (χ1v) is 11.6. The number of methoxy groups -OCH3 is 2. The molecule has 186 valence electrons. The zero-order chi connectivity index (χ0) is 24.6. The van der Waals surface area contributed by atoms with Gasteiger partial charge in [0, 0.05) is 6.42 Å². The van der Waals surface area contributed by atoms with Crippen LogP contribution in [0, 0.1) is 0 Å². The molecule has 0 saturated heterocycles. The van der Waals surface area contributed by atoms with E-state index in [4.69, 9.17) is 29.0 Å². The van der Waals surface area contributed by atoms with Crippen LogP contribution >= 0.6 is 0 Å². The largest absolute Gasteiger partial charge is 0.497 e. The van der Waals surface area contributed by atoms with Crippen molar-refractivity contribution < 1.29 is 38.6 Å². The second-order valence-electron chi connectivity index (χ2n) is 7.73. The van der Waals surface area contributed by atoms with Gasteiger partial charge in [-0.25, -0.2) is 9.59 Å². The number of ether oxygens (including phenoxy) is 2. The second-order valence-corrected chi connectivity index (χ2v) is 7.73. The monoisotopic (exact) mass is 474 g/mol. The highest BCUT2D eigenvalue weighted by Gasteiger charge is 2.19. The van der Waals surface area contributed by atoms with Crippen LogP contribution in [-0.4, -0.2) is 32.4 Å². The van der Waals surface area contributed by atoms with E-state index in [0.29, 0.717) is 17.9 Å². The summed E-state index contributed by atoms with van der Waals surface area (Å²) >= 11 is 0. The van der Waals surface area contributed by atoms with E-state index in [1.165, 1.54) is 39.9 Å². The van der Waals surface area contributed by atoms with Gasteiger partial charge in [0.1, 0.15) is 11.5 Å². The van der Waals surface area contributed by atoms with Crippen LogP contribution in [-0.2, 0) is 19.6 Å². The zero-order valence-electron chi connectivity index (χ0n) is 20.1. The molecule has 0 radical (unpaired) electrons. The van der Waals surface area contributed by atoms with Crippen molar-refractivity contribution in [1.82, 2.24) is 0 Å². The third kappa shape index (κ3) is 9.80. The predicted molar refractivity (Wildman–Crippen MR) is 125 cm³/mol. The van der Waals surface area contributed by atoms with E-state index in [9.17, 15) is 9.59 Å². The van der Waals surface area contributed by atoms with Crippen LogP contribution in [0.1, 0.15) is 79.0 Å². The summed E-state index contributed by atoms with van der Waals surface area (Å²) in [5.41, 5.74) is 0.566. The quantitative estimate of drug-likeness (QED) is 0.126. The lowest BCUT2D eigenvalue weighted by atomic mass is 10.1. The summed E-state index contributed by atoms with van der Waals surface area (Å²) in [5, 5.41) is 0. The van der Waals surface area contributed by atoms with Gasteiger partial charge in [0.05, 0.1) is 25.3 Å². The first-order chi connectivity index (χ1) is 16.6. The number of benzene rings is 2. The average Bonchev–Trinajstić information content (AvgIpc) is 2.88. The molecule has 0 aliphatic carbocycles. The van der Waals surface area contributed by atoms with E-state index in [2.05, 4.69) is 6.92 Å². The molecule has 0 saturated carbocycles. The molecular weight excluding hydrogens is 440 g/mol. The maximum atomic E-state index is 12.3. The second kappa shape index (κ2) is 15.7. The molecule has 2 rings (SSSR count). The molecule has 34 heavy (non-hydrogen) atoms. The lowest BCUT2D eigenvalue weighted by Crippen LogP contribution is -2.22. The molecule has 0 spiro atoms. The topological polar surface area (TPSA) is 89.5 Å². The van der Waals surface area contributed by atoms with Crippen LogP contribution in [0.25, 0.3) is 0 Å². The van der Waals surface area contributed by atoms with Crippen molar-refractivity contribution in [3.8, 4) is 11.5 Å². The lowest BCUT2D eigenvalue weighted by molar-refractivity contribution is -0.421. The fourth-order valence-corrected chi connectivity index (χ4v) is 3.13. The Morgan fingerprint density at radius 3 is 1.47 bits per heavy atom. The van der Waals surface area contributed by atoms with Gasteiger partial charge in [-0.15, -0.1) is 9.78 Å². The molecule has 2 aromatic carbocycles. The molecule has 0 aromatic heterocycles. The fourth-order valence-electron chi connectivity index (χ4n) is 3.13. The molecule has 0 N–H and O–H groups in total. The highest BCUT2D eigenvalue weighted by molar-refractivity contribution is 5.89. The third-order valence-corrected chi connectivity index (χ3v) is 5.16. The van der Waals surface area contributed by atoms with Crippen molar-refractivity contribution in [2.24, 2.45) is 0 Å². The van der Waals surface area contributed by atoms with Gasteiger partial charge in [0.2, 0.25) is 6.29 Å². The van der Waals surface area contributed by atoms with E-state index in [0.717, 1.165) is 19.3 Å². The van der Waals surface area contributed by atoms with Gasteiger partial charge in [-0.2, -0.15) is 0 Å². The highest BCUT2D eigenvalue weighted by Crippen LogP contribution is 2.17. The molecule has 0 aliphatic rings. The van der Waals surface area contributed by atoms with Crippen LogP contribution in [0.15, 0.2) is 48.5 Å². The molecule has 0 amide bonds. The first kappa shape index (κ1) is 27.1. The molecule has 0 fully saturated rings. The van der Waals surface area contributed by atoms with Gasteiger partial charge in [-0.1, -0.05) is 45.4 Å². The Bertz CT molecular complexity index is 785. The molecule has 2 aromatic rings. The number of hydrogen-bond acceptors (Lipinski definition) is 8. The van der Waals surface area contributed by atoms with E-state index < -0.39 is 18.2 Å². The summed E-state index contributed by atoms with van der Waals surface area (Å²) in [5.74, 6) is -0.166.